The molecule has 1 aromatic rings. The van der Waals surface area contributed by atoms with Crippen LogP contribution in [0.25, 0.3) is 0 Å². The van der Waals surface area contributed by atoms with Gasteiger partial charge in [0.2, 0.25) is 0 Å². The van der Waals surface area contributed by atoms with Crippen molar-refractivity contribution in [1.29, 1.82) is 0 Å². The molecule has 0 spiro atoms. The first-order valence-corrected chi connectivity index (χ1v) is 6.08. The molecule has 0 saturated heterocycles. The Morgan fingerprint density at radius 2 is 1.94 bits per heavy atom. The lowest BCUT2D eigenvalue weighted by molar-refractivity contribution is 0.171. The number of thiocarbonyl (C=S) groups is 1. The molecule has 17 heavy (non-hydrogen) atoms. The molecular formula is C13H17NO2S. The zero-order chi connectivity index (χ0) is 12.5. The number of rotatable bonds is 3. The van der Waals surface area contributed by atoms with E-state index in [4.69, 9.17) is 27.4 Å². The van der Waals surface area contributed by atoms with Crippen LogP contribution in [0.15, 0.2) is 18.2 Å². The van der Waals surface area contributed by atoms with Crippen molar-refractivity contribution < 1.29 is 9.47 Å². The van der Waals surface area contributed by atoms with Gasteiger partial charge in [-0.25, -0.2) is 0 Å². The van der Waals surface area contributed by atoms with Gasteiger partial charge in [0, 0.05) is 5.41 Å². The van der Waals surface area contributed by atoms with E-state index in [0.717, 1.165) is 23.5 Å². The molecule has 3 nitrogen and oxygen atoms in total. The van der Waals surface area contributed by atoms with E-state index in [-0.39, 0.29) is 5.41 Å². The molecule has 0 aliphatic carbocycles. The number of hydrogen-bond donors (Lipinski definition) is 1. The van der Waals surface area contributed by atoms with Crippen molar-refractivity contribution in [3.05, 3.63) is 23.8 Å². The molecule has 1 aliphatic rings. The highest BCUT2D eigenvalue weighted by Crippen LogP contribution is 2.33. The average Bonchev–Trinajstić information content (AvgIpc) is 2.28. The minimum atomic E-state index is -0.181. The third kappa shape index (κ3) is 2.69. The van der Waals surface area contributed by atoms with Gasteiger partial charge in [0.25, 0.3) is 0 Å². The highest BCUT2D eigenvalue weighted by Gasteiger charge is 2.23. The second-order valence-corrected chi connectivity index (χ2v) is 5.34. The molecule has 0 bridgehead atoms. The highest BCUT2D eigenvalue weighted by molar-refractivity contribution is 7.80. The zero-order valence-electron chi connectivity index (χ0n) is 10.2. The molecule has 1 heterocycles. The van der Waals surface area contributed by atoms with E-state index in [1.807, 2.05) is 32.0 Å². The van der Waals surface area contributed by atoms with Gasteiger partial charge in [-0.05, 0) is 24.1 Å². The summed E-state index contributed by atoms with van der Waals surface area (Å²) in [5.74, 6) is 1.63. The van der Waals surface area contributed by atoms with Crippen LogP contribution in [0.4, 0.5) is 0 Å². The van der Waals surface area contributed by atoms with Gasteiger partial charge >= 0.3 is 0 Å². The smallest absolute Gasteiger partial charge is 0.161 e. The van der Waals surface area contributed by atoms with Crippen LogP contribution in [0.2, 0.25) is 0 Å². The number of hydrogen-bond acceptors (Lipinski definition) is 3. The van der Waals surface area contributed by atoms with Gasteiger partial charge in [0.05, 0.1) is 4.99 Å². The van der Waals surface area contributed by atoms with E-state index in [0.29, 0.717) is 18.2 Å². The molecule has 0 amide bonds. The molecule has 4 heteroatoms. The summed E-state index contributed by atoms with van der Waals surface area (Å²) in [6.07, 6.45) is 0.805. The van der Waals surface area contributed by atoms with E-state index >= 15 is 0 Å². The maximum Gasteiger partial charge on any atom is 0.161 e. The Labute approximate surface area is 107 Å². The number of fused-ring (bicyclic) bond motifs is 1. The van der Waals surface area contributed by atoms with Crippen molar-refractivity contribution in [3.63, 3.8) is 0 Å². The molecule has 2 rings (SSSR count). The van der Waals surface area contributed by atoms with Crippen molar-refractivity contribution in [2.24, 2.45) is 11.1 Å². The molecule has 1 aromatic carbocycles. The SMILES string of the molecule is CC(C)(Cc1ccc2c(c1)OCCO2)C(N)=S. The Hall–Kier alpha value is -1.29. The Morgan fingerprint density at radius 1 is 1.29 bits per heavy atom. The van der Waals surface area contributed by atoms with E-state index in [1.54, 1.807) is 0 Å². The van der Waals surface area contributed by atoms with Crippen LogP contribution in [0, 0.1) is 5.41 Å². The lowest BCUT2D eigenvalue weighted by atomic mass is 9.85. The quantitative estimate of drug-likeness (QED) is 0.837. The summed E-state index contributed by atoms with van der Waals surface area (Å²) in [6, 6.07) is 5.99. The Kier molecular flexibility index (Phi) is 3.24. The first kappa shape index (κ1) is 12.2. The summed E-state index contributed by atoms with van der Waals surface area (Å²) < 4.78 is 11.0. The van der Waals surface area contributed by atoms with Gasteiger partial charge in [0.1, 0.15) is 13.2 Å². The van der Waals surface area contributed by atoms with Crippen LogP contribution in [-0.2, 0) is 6.42 Å². The normalized spacial score (nSPS) is 14.5. The number of benzene rings is 1. The van der Waals surface area contributed by atoms with Gasteiger partial charge in [-0.1, -0.05) is 32.1 Å². The van der Waals surface area contributed by atoms with E-state index < -0.39 is 0 Å². The van der Waals surface area contributed by atoms with Crippen molar-refractivity contribution in [2.75, 3.05) is 13.2 Å². The maximum absolute atomic E-state index is 5.73. The monoisotopic (exact) mass is 251 g/mol. The van der Waals surface area contributed by atoms with E-state index in [1.165, 1.54) is 0 Å². The second kappa shape index (κ2) is 4.53. The summed E-state index contributed by atoms with van der Waals surface area (Å²) in [6.45, 7) is 5.32. The van der Waals surface area contributed by atoms with Crippen LogP contribution >= 0.6 is 12.2 Å². The largest absolute Gasteiger partial charge is 0.486 e. The topological polar surface area (TPSA) is 44.5 Å². The van der Waals surface area contributed by atoms with Crippen molar-refractivity contribution in [3.8, 4) is 11.5 Å². The zero-order valence-corrected chi connectivity index (χ0v) is 11.0. The van der Waals surface area contributed by atoms with Crippen molar-refractivity contribution >= 4 is 17.2 Å². The molecule has 1 aliphatic heterocycles. The minimum Gasteiger partial charge on any atom is -0.486 e. The Morgan fingerprint density at radius 3 is 2.59 bits per heavy atom. The fourth-order valence-corrected chi connectivity index (χ4v) is 1.87. The summed E-state index contributed by atoms with van der Waals surface area (Å²) in [4.78, 5) is 0.535. The first-order chi connectivity index (χ1) is 7.99. The molecule has 0 saturated carbocycles. The third-order valence-electron chi connectivity index (χ3n) is 2.92. The van der Waals surface area contributed by atoms with Gasteiger partial charge in [-0.15, -0.1) is 0 Å². The maximum atomic E-state index is 5.73. The summed E-state index contributed by atoms with van der Waals surface area (Å²) >= 11 is 5.07. The second-order valence-electron chi connectivity index (χ2n) is 4.90. The van der Waals surface area contributed by atoms with Crippen LogP contribution in [0.1, 0.15) is 19.4 Å². The van der Waals surface area contributed by atoms with Crippen LogP contribution in [0.5, 0.6) is 11.5 Å². The molecule has 0 radical (unpaired) electrons. The average molecular weight is 251 g/mol. The Balaban J connectivity index is 2.20. The van der Waals surface area contributed by atoms with Crippen LogP contribution in [0.3, 0.4) is 0 Å². The summed E-state index contributed by atoms with van der Waals surface area (Å²) in [7, 11) is 0. The fourth-order valence-electron chi connectivity index (χ4n) is 1.80. The van der Waals surface area contributed by atoms with Crippen LogP contribution < -0.4 is 15.2 Å². The predicted octanol–water partition coefficient (Wildman–Crippen LogP) is 2.31. The lowest BCUT2D eigenvalue weighted by Crippen LogP contribution is -2.31. The minimum absolute atomic E-state index is 0.181. The molecule has 0 aromatic heterocycles. The Bertz CT molecular complexity index is 443. The van der Waals surface area contributed by atoms with Crippen molar-refractivity contribution in [2.45, 2.75) is 20.3 Å². The molecule has 2 N–H and O–H groups in total. The highest BCUT2D eigenvalue weighted by atomic mass is 32.1. The molecule has 0 atom stereocenters. The third-order valence-corrected chi connectivity index (χ3v) is 3.47. The van der Waals surface area contributed by atoms with Gasteiger partial charge < -0.3 is 15.2 Å². The summed E-state index contributed by atoms with van der Waals surface area (Å²) in [5.41, 5.74) is 6.71. The van der Waals surface area contributed by atoms with Gasteiger partial charge in [-0.3, -0.25) is 0 Å². The van der Waals surface area contributed by atoms with E-state index in [2.05, 4.69) is 0 Å². The summed E-state index contributed by atoms with van der Waals surface area (Å²) in [5, 5.41) is 0. The van der Waals surface area contributed by atoms with E-state index in [9.17, 15) is 0 Å². The predicted molar refractivity (Wildman–Crippen MR) is 71.7 cm³/mol. The lowest BCUT2D eigenvalue weighted by Gasteiger charge is -2.24. The fraction of sp³-hybridized carbons (Fsp3) is 0.462. The van der Waals surface area contributed by atoms with Crippen LogP contribution in [-0.4, -0.2) is 18.2 Å². The molecular weight excluding hydrogens is 234 g/mol. The standard InChI is InChI=1S/C13H17NO2S/c1-13(2,12(14)17)8-9-3-4-10-11(7-9)16-6-5-15-10/h3-4,7H,5-6,8H2,1-2H3,(H2,14,17). The number of ether oxygens (including phenoxy) is 2. The first-order valence-electron chi connectivity index (χ1n) is 5.67. The van der Waals surface area contributed by atoms with Crippen molar-refractivity contribution in [1.82, 2.24) is 0 Å². The molecule has 92 valence electrons. The van der Waals surface area contributed by atoms with Gasteiger partial charge in [0.15, 0.2) is 11.5 Å². The molecule has 0 unspecified atom stereocenters. The molecule has 0 fully saturated rings. The van der Waals surface area contributed by atoms with Gasteiger partial charge in [-0.2, -0.15) is 0 Å². The number of nitrogens with two attached hydrogens (primary N) is 1.